The van der Waals surface area contributed by atoms with Crippen LogP contribution in [-0.4, -0.2) is 47.5 Å². The number of nitrogens with zero attached hydrogens (tertiary/aromatic N) is 1. The molecule has 0 fully saturated rings. The number of rotatable bonds is 27. The van der Waals surface area contributed by atoms with Crippen molar-refractivity contribution in [3.8, 4) is 0 Å². The number of hydrogen-bond acceptors (Lipinski definition) is 3. The minimum absolute atomic E-state index is 0.201. The molecule has 0 aliphatic carbocycles. The van der Waals surface area contributed by atoms with Crippen molar-refractivity contribution in [2.45, 2.75) is 161 Å². The summed E-state index contributed by atoms with van der Waals surface area (Å²) in [6.07, 6.45) is 29.6. The zero-order chi connectivity index (χ0) is 23.5. The summed E-state index contributed by atoms with van der Waals surface area (Å²) in [6, 6.07) is 0.235. The Bertz CT molecular complexity index is 337. The molecule has 0 aromatic heterocycles. The Labute approximate surface area is 202 Å². The van der Waals surface area contributed by atoms with Crippen LogP contribution in [0.2, 0.25) is 0 Å². The van der Waals surface area contributed by atoms with Crippen LogP contribution >= 0.6 is 0 Å². The molecular weight excluding hydrogens is 394 g/mol. The van der Waals surface area contributed by atoms with E-state index in [4.69, 9.17) is 0 Å². The fourth-order valence-corrected chi connectivity index (χ4v) is 4.84. The molecule has 0 heterocycles. The monoisotopic (exact) mass is 455 g/mol. The van der Waals surface area contributed by atoms with E-state index >= 15 is 0 Å². The Kier molecular flexibility index (Phi) is 27.0. The van der Waals surface area contributed by atoms with Crippen LogP contribution in [0.25, 0.3) is 0 Å². The lowest BCUT2D eigenvalue weighted by molar-refractivity contribution is 0.0926. The molecule has 3 heteroatoms. The normalized spacial score (nSPS) is 12.7. The fourth-order valence-electron chi connectivity index (χ4n) is 4.84. The quantitative estimate of drug-likeness (QED) is 0.122. The Morgan fingerprint density at radius 2 is 0.844 bits per heavy atom. The highest BCUT2D eigenvalue weighted by Crippen LogP contribution is 2.16. The van der Waals surface area contributed by atoms with Gasteiger partial charge in [-0.3, -0.25) is 4.90 Å². The lowest BCUT2D eigenvalue weighted by atomic mass is 10.0. The molecule has 0 bridgehead atoms. The molecule has 0 aromatic carbocycles. The third-order valence-electron chi connectivity index (χ3n) is 7.05. The van der Waals surface area contributed by atoms with Gasteiger partial charge in [0.2, 0.25) is 0 Å². The van der Waals surface area contributed by atoms with E-state index in [1.165, 1.54) is 135 Å². The molecule has 0 aromatic rings. The lowest BCUT2D eigenvalue weighted by Gasteiger charge is -2.30. The second-order valence-corrected chi connectivity index (χ2v) is 10.1. The van der Waals surface area contributed by atoms with Crippen molar-refractivity contribution < 1.29 is 10.2 Å². The maximum Gasteiger partial charge on any atom is 0.0586 e. The molecular formula is C29H61NO2. The van der Waals surface area contributed by atoms with Crippen LogP contribution in [0.15, 0.2) is 0 Å². The first kappa shape index (κ1) is 31.9. The summed E-state index contributed by atoms with van der Waals surface area (Å²) in [5.74, 6) is 0. The zero-order valence-corrected chi connectivity index (χ0v) is 22.3. The van der Waals surface area contributed by atoms with E-state index in [9.17, 15) is 10.2 Å². The SMILES string of the molecule is CCCCCCCCCCCCCC(CO)N(CCO)CCCCCCCCCCCC. The van der Waals surface area contributed by atoms with Crippen LogP contribution in [0.4, 0.5) is 0 Å². The Balaban J connectivity index is 3.73. The standard InChI is InChI=1S/C29H61NO2/c1-3-5-7-9-11-13-15-16-18-20-22-24-29(28-32)30(26-27-31)25-23-21-19-17-14-12-10-8-6-4-2/h29,31-32H,3-28H2,1-2H3. The highest BCUT2D eigenvalue weighted by Gasteiger charge is 2.16. The van der Waals surface area contributed by atoms with Gasteiger partial charge in [-0.05, 0) is 19.4 Å². The smallest absolute Gasteiger partial charge is 0.0586 e. The van der Waals surface area contributed by atoms with Gasteiger partial charge in [0.25, 0.3) is 0 Å². The van der Waals surface area contributed by atoms with Gasteiger partial charge in [-0.25, -0.2) is 0 Å². The minimum Gasteiger partial charge on any atom is -0.395 e. The van der Waals surface area contributed by atoms with Crippen LogP contribution in [0.3, 0.4) is 0 Å². The van der Waals surface area contributed by atoms with E-state index in [0.717, 1.165) is 13.0 Å². The second kappa shape index (κ2) is 27.1. The van der Waals surface area contributed by atoms with Crippen LogP contribution in [0.5, 0.6) is 0 Å². The summed E-state index contributed by atoms with van der Waals surface area (Å²) in [4.78, 5) is 2.35. The van der Waals surface area contributed by atoms with Crippen molar-refractivity contribution in [3.05, 3.63) is 0 Å². The van der Waals surface area contributed by atoms with Crippen LogP contribution in [-0.2, 0) is 0 Å². The predicted molar refractivity (Wildman–Crippen MR) is 142 cm³/mol. The second-order valence-electron chi connectivity index (χ2n) is 10.1. The van der Waals surface area contributed by atoms with Crippen LogP contribution < -0.4 is 0 Å². The van der Waals surface area contributed by atoms with E-state index in [0.29, 0.717) is 6.54 Å². The molecule has 0 radical (unpaired) electrons. The maximum absolute atomic E-state index is 9.92. The van der Waals surface area contributed by atoms with Gasteiger partial charge in [0.1, 0.15) is 0 Å². The van der Waals surface area contributed by atoms with Gasteiger partial charge in [0.05, 0.1) is 13.2 Å². The molecule has 2 N–H and O–H groups in total. The van der Waals surface area contributed by atoms with Gasteiger partial charge in [-0.2, -0.15) is 0 Å². The van der Waals surface area contributed by atoms with Gasteiger partial charge in [0.15, 0.2) is 0 Å². The van der Waals surface area contributed by atoms with E-state index < -0.39 is 0 Å². The Hall–Kier alpha value is -0.120. The molecule has 1 unspecified atom stereocenters. The number of unbranched alkanes of at least 4 members (excludes halogenated alkanes) is 19. The van der Waals surface area contributed by atoms with E-state index in [1.807, 2.05) is 0 Å². The van der Waals surface area contributed by atoms with Crippen molar-refractivity contribution >= 4 is 0 Å². The minimum atomic E-state index is 0.201. The third-order valence-corrected chi connectivity index (χ3v) is 7.05. The van der Waals surface area contributed by atoms with E-state index in [1.54, 1.807) is 0 Å². The van der Waals surface area contributed by atoms with Gasteiger partial charge in [-0.1, -0.05) is 142 Å². The lowest BCUT2D eigenvalue weighted by Crippen LogP contribution is -2.40. The van der Waals surface area contributed by atoms with Gasteiger partial charge in [0, 0.05) is 12.6 Å². The molecule has 0 aliphatic heterocycles. The van der Waals surface area contributed by atoms with Gasteiger partial charge >= 0.3 is 0 Å². The average Bonchev–Trinajstić information content (AvgIpc) is 2.80. The van der Waals surface area contributed by atoms with Gasteiger partial charge < -0.3 is 10.2 Å². The van der Waals surface area contributed by atoms with Crippen LogP contribution in [0.1, 0.15) is 155 Å². The predicted octanol–water partition coefficient (Wildman–Crippen LogP) is 8.26. The Morgan fingerprint density at radius 3 is 1.22 bits per heavy atom. The van der Waals surface area contributed by atoms with E-state index in [2.05, 4.69) is 18.7 Å². The molecule has 0 rings (SSSR count). The summed E-state index contributed by atoms with van der Waals surface area (Å²) in [5, 5.41) is 19.4. The van der Waals surface area contributed by atoms with Gasteiger partial charge in [-0.15, -0.1) is 0 Å². The molecule has 0 spiro atoms. The summed E-state index contributed by atoms with van der Waals surface area (Å²) < 4.78 is 0. The number of aliphatic hydroxyl groups is 2. The third kappa shape index (κ3) is 21.7. The molecule has 194 valence electrons. The number of hydrogen-bond donors (Lipinski definition) is 2. The molecule has 0 amide bonds. The topological polar surface area (TPSA) is 43.7 Å². The molecule has 1 atom stereocenters. The van der Waals surface area contributed by atoms with Crippen molar-refractivity contribution in [2.75, 3.05) is 26.3 Å². The van der Waals surface area contributed by atoms with Crippen molar-refractivity contribution in [3.63, 3.8) is 0 Å². The zero-order valence-electron chi connectivity index (χ0n) is 22.3. The largest absolute Gasteiger partial charge is 0.395 e. The first-order valence-electron chi connectivity index (χ1n) is 14.8. The first-order chi connectivity index (χ1) is 15.8. The molecule has 0 aliphatic rings. The fraction of sp³-hybridized carbons (Fsp3) is 1.00. The van der Waals surface area contributed by atoms with Crippen LogP contribution in [0, 0.1) is 0 Å². The maximum atomic E-state index is 9.92. The summed E-state index contributed by atoms with van der Waals surface area (Å²) in [7, 11) is 0. The summed E-state index contributed by atoms with van der Waals surface area (Å²) >= 11 is 0. The number of aliphatic hydroxyl groups excluding tert-OH is 2. The molecule has 0 saturated carbocycles. The highest BCUT2D eigenvalue weighted by atomic mass is 16.3. The molecule has 32 heavy (non-hydrogen) atoms. The van der Waals surface area contributed by atoms with E-state index in [-0.39, 0.29) is 19.3 Å². The molecule has 3 nitrogen and oxygen atoms in total. The highest BCUT2D eigenvalue weighted by molar-refractivity contribution is 4.71. The average molecular weight is 456 g/mol. The summed E-state index contributed by atoms with van der Waals surface area (Å²) in [5.41, 5.74) is 0. The van der Waals surface area contributed by atoms with Crippen molar-refractivity contribution in [2.24, 2.45) is 0 Å². The summed E-state index contributed by atoms with van der Waals surface area (Å²) in [6.45, 7) is 6.73. The molecule has 0 saturated heterocycles. The first-order valence-corrected chi connectivity index (χ1v) is 14.8. The van der Waals surface area contributed by atoms with Crippen molar-refractivity contribution in [1.82, 2.24) is 4.90 Å². The van der Waals surface area contributed by atoms with Crippen molar-refractivity contribution in [1.29, 1.82) is 0 Å². The Morgan fingerprint density at radius 1 is 0.469 bits per heavy atom.